The molecule has 1 heterocycles. The highest BCUT2D eigenvalue weighted by Gasteiger charge is 2.17. The van der Waals surface area contributed by atoms with Crippen molar-refractivity contribution in [2.75, 3.05) is 39.8 Å². The number of rotatable bonds is 8. The molecule has 0 radical (unpaired) electrons. The molecule has 5 heteroatoms. The fourth-order valence-electron chi connectivity index (χ4n) is 2.86. The molecule has 2 rings (SSSR count). The van der Waals surface area contributed by atoms with Crippen molar-refractivity contribution in [2.24, 2.45) is 0 Å². The van der Waals surface area contributed by atoms with Crippen LogP contribution in [-0.2, 0) is 11.3 Å². The zero-order valence-corrected chi connectivity index (χ0v) is 13.3. The van der Waals surface area contributed by atoms with Crippen LogP contribution in [0.2, 0.25) is 0 Å². The molecule has 0 atom stereocenters. The quantitative estimate of drug-likeness (QED) is 0.745. The van der Waals surface area contributed by atoms with Gasteiger partial charge < -0.3 is 14.7 Å². The minimum atomic E-state index is -0.693. The number of aliphatic carboxylic acids is 1. The van der Waals surface area contributed by atoms with Crippen LogP contribution in [0.3, 0.4) is 0 Å². The van der Waals surface area contributed by atoms with Gasteiger partial charge in [-0.15, -0.1) is 0 Å². The van der Waals surface area contributed by atoms with E-state index < -0.39 is 5.97 Å². The van der Waals surface area contributed by atoms with Gasteiger partial charge in [0.2, 0.25) is 0 Å². The maximum atomic E-state index is 10.5. The number of hydrogen-bond acceptors (Lipinski definition) is 4. The smallest absolute Gasteiger partial charge is 0.303 e. The molecule has 0 unspecified atom stereocenters. The molecule has 22 heavy (non-hydrogen) atoms. The Bertz CT molecular complexity index is 471. The van der Waals surface area contributed by atoms with Crippen LogP contribution in [0.4, 0.5) is 0 Å². The minimum Gasteiger partial charge on any atom is -0.496 e. The van der Waals surface area contributed by atoms with E-state index in [0.29, 0.717) is 0 Å². The number of hydrogen-bond donors (Lipinski definition) is 1. The van der Waals surface area contributed by atoms with E-state index in [2.05, 4.69) is 21.9 Å². The highest BCUT2D eigenvalue weighted by Crippen LogP contribution is 2.20. The second-order valence-electron chi connectivity index (χ2n) is 5.78. The van der Waals surface area contributed by atoms with Crippen LogP contribution in [-0.4, -0.2) is 60.7 Å². The Balaban J connectivity index is 1.70. The van der Waals surface area contributed by atoms with Gasteiger partial charge in [0, 0.05) is 44.7 Å². The number of benzene rings is 1. The lowest BCUT2D eigenvalue weighted by molar-refractivity contribution is -0.137. The highest BCUT2D eigenvalue weighted by molar-refractivity contribution is 5.66. The Labute approximate surface area is 132 Å². The summed E-state index contributed by atoms with van der Waals surface area (Å²) in [6, 6.07) is 8.18. The van der Waals surface area contributed by atoms with E-state index in [-0.39, 0.29) is 6.42 Å². The minimum absolute atomic E-state index is 0.285. The maximum absolute atomic E-state index is 10.5. The monoisotopic (exact) mass is 306 g/mol. The number of methoxy groups -OCH3 is 1. The topological polar surface area (TPSA) is 53.0 Å². The Morgan fingerprint density at radius 2 is 1.82 bits per heavy atom. The molecule has 0 aromatic heterocycles. The van der Waals surface area contributed by atoms with Crippen LogP contribution in [0.15, 0.2) is 24.3 Å². The van der Waals surface area contributed by atoms with Gasteiger partial charge in [0.1, 0.15) is 5.75 Å². The number of carboxylic acids is 1. The first-order valence-electron chi connectivity index (χ1n) is 7.97. The van der Waals surface area contributed by atoms with E-state index in [0.717, 1.165) is 57.9 Å². The molecule has 1 N–H and O–H groups in total. The van der Waals surface area contributed by atoms with Crippen molar-refractivity contribution in [3.63, 3.8) is 0 Å². The van der Waals surface area contributed by atoms with E-state index in [1.807, 2.05) is 12.1 Å². The number of ether oxygens (including phenoxy) is 1. The predicted octanol–water partition coefficient (Wildman–Crippen LogP) is 2.07. The van der Waals surface area contributed by atoms with E-state index in [9.17, 15) is 4.79 Å². The first-order chi connectivity index (χ1) is 10.7. The SMILES string of the molecule is COc1ccccc1CN1CCN(CCCCC(=O)O)CC1. The standard InChI is InChI=1S/C17H26N2O3/c1-22-16-7-3-2-6-15(16)14-19-12-10-18(11-13-19)9-5-4-8-17(20)21/h2-3,6-7H,4-5,8-14H2,1H3,(H,20,21). The normalized spacial score (nSPS) is 16.6. The molecule has 0 amide bonds. The van der Waals surface area contributed by atoms with E-state index >= 15 is 0 Å². The number of nitrogens with zero attached hydrogens (tertiary/aromatic N) is 2. The van der Waals surface area contributed by atoms with Gasteiger partial charge in [-0.1, -0.05) is 18.2 Å². The van der Waals surface area contributed by atoms with Crippen LogP contribution in [0, 0.1) is 0 Å². The summed E-state index contributed by atoms with van der Waals surface area (Å²) in [6.07, 6.45) is 2.03. The number of carbonyl (C=O) groups is 1. The zero-order chi connectivity index (χ0) is 15.8. The summed E-state index contributed by atoms with van der Waals surface area (Å²) in [4.78, 5) is 15.4. The third-order valence-corrected chi connectivity index (χ3v) is 4.17. The van der Waals surface area contributed by atoms with E-state index in [1.54, 1.807) is 7.11 Å². The van der Waals surface area contributed by atoms with Crippen molar-refractivity contribution in [3.05, 3.63) is 29.8 Å². The number of unbranched alkanes of at least 4 members (excludes halogenated alkanes) is 1. The second kappa shape index (κ2) is 8.76. The van der Waals surface area contributed by atoms with Crippen molar-refractivity contribution in [1.29, 1.82) is 0 Å². The van der Waals surface area contributed by atoms with Gasteiger partial charge in [-0.3, -0.25) is 9.69 Å². The van der Waals surface area contributed by atoms with Crippen LogP contribution in [0.1, 0.15) is 24.8 Å². The lowest BCUT2D eigenvalue weighted by Crippen LogP contribution is -2.46. The van der Waals surface area contributed by atoms with Gasteiger partial charge >= 0.3 is 5.97 Å². The summed E-state index contributed by atoms with van der Waals surface area (Å²) >= 11 is 0. The average molecular weight is 306 g/mol. The molecule has 0 bridgehead atoms. The summed E-state index contributed by atoms with van der Waals surface area (Å²) < 4.78 is 5.41. The van der Waals surface area contributed by atoms with Crippen molar-refractivity contribution in [2.45, 2.75) is 25.8 Å². The predicted molar refractivity (Wildman–Crippen MR) is 86.2 cm³/mol. The molecule has 1 aromatic carbocycles. The Morgan fingerprint density at radius 3 is 2.50 bits per heavy atom. The van der Waals surface area contributed by atoms with Crippen molar-refractivity contribution >= 4 is 5.97 Å². The fraction of sp³-hybridized carbons (Fsp3) is 0.588. The molecule has 1 aliphatic rings. The molecule has 1 aromatic rings. The molecule has 122 valence electrons. The van der Waals surface area contributed by atoms with Crippen LogP contribution >= 0.6 is 0 Å². The lowest BCUT2D eigenvalue weighted by atomic mass is 10.1. The van der Waals surface area contributed by atoms with Gasteiger partial charge in [-0.2, -0.15) is 0 Å². The highest BCUT2D eigenvalue weighted by atomic mass is 16.5. The van der Waals surface area contributed by atoms with Crippen molar-refractivity contribution < 1.29 is 14.6 Å². The van der Waals surface area contributed by atoms with Gasteiger partial charge in [-0.05, 0) is 25.5 Å². The van der Waals surface area contributed by atoms with Gasteiger partial charge in [0.15, 0.2) is 0 Å². The van der Waals surface area contributed by atoms with Crippen molar-refractivity contribution in [1.82, 2.24) is 9.80 Å². The van der Waals surface area contributed by atoms with Crippen LogP contribution in [0.25, 0.3) is 0 Å². The Kier molecular flexibility index (Phi) is 6.68. The third kappa shape index (κ3) is 5.31. The number of para-hydroxylation sites is 1. The first-order valence-corrected chi connectivity index (χ1v) is 7.97. The Hall–Kier alpha value is -1.59. The molecule has 0 spiro atoms. The summed E-state index contributed by atoms with van der Waals surface area (Å²) in [5.74, 6) is 0.264. The molecule has 1 aliphatic heterocycles. The fourth-order valence-corrected chi connectivity index (χ4v) is 2.86. The summed E-state index contributed by atoms with van der Waals surface area (Å²) in [7, 11) is 1.72. The summed E-state index contributed by atoms with van der Waals surface area (Å²) in [5.41, 5.74) is 1.24. The molecule has 1 saturated heterocycles. The zero-order valence-electron chi connectivity index (χ0n) is 13.3. The van der Waals surface area contributed by atoms with Crippen molar-refractivity contribution in [3.8, 4) is 5.75 Å². The second-order valence-corrected chi connectivity index (χ2v) is 5.78. The molecule has 0 aliphatic carbocycles. The Morgan fingerprint density at radius 1 is 1.14 bits per heavy atom. The van der Waals surface area contributed by atoms with Gasteiger partial charge in [0.05, 0.1) is 7.11 Å². The van der Waals surface area contributed by atoms with Gasteiger partial charge in [-0.25, -0.2) is 0 Å². The average Bonchev–Trinajstić information content (AvgIpc) is 2.53. The first kappa shape index (κ1) is 16.8. The largest absolute Gasteiger partial charge is 0.496 e. The number of piperazine rings is 1. The van der Waals surface area contributed by atoms with E-state index in [1.165, 1.54) is 5.56 Å². The molecule has 5 nitrogen and oxygen atoms in total. The number of carboxylic acid groups (broad SMARTS) is 1. The van der Waals surface area contributed by atoms with Crippen LogP contribution in [0.5, 0.6) is 5.75 Å². The molecule has 1 fully saturated rings. The summed E-state index contributed by atoms with van der Waals surface area (Å²) in [6.45, 7) is 6.16. The summed E-state index contributed by atoms with van der Waals surface area (Å²) in [5, 5.41) is 8.64. The lowest BCUT2D eigenvalue weighted by Gasteiger charge is -2.34. The van der Waals surface area contributed by atoms with Gasteiger partial charge in [0.25, 0.3) is 0 Å². The molecule has 0 saturated carbocycles. The van der Waals surface area contributed by atoms with Crippen LogP contribution < -0.4 is 4.74 Å². The molecular formula is C17H26N2O3. The maximum Gasteiger partial charge on any atom is 0.303 e. The third-order valence-electron chi connectivity index (χ3n) is 4.17. The van der Waals surface area contributed by atoms with E-state index in [4.69, 9.17) is 9.84 Å². The molecular weight excluding hydrogens is 280 g/mol.